The van der Waals surface area contributed by atoms with Gasteiger partial charge in [0.25, 0.3) is 0 Å². The molecule has 0 fully saturated rings. The number of para-hydroxylation sites is 1. The van der Waals surface area contributed by atoms with Crippen LogP contribution < -0.4 is 0 Å². The molecule has 5 aromatic heterocycles. The van der Waals surface area contributed by atoms with Crippen LogP contribution in [0.5, 0.6) is 0 Å². The minimum Gasteiger partial charge on any atom is -0.456 e. The van der Waals surface area contributed by atoms with Gasteiger partial charge in [0.1, 0.15) is 27.8 Å². The maximum absolute atomic E-state index is 6.34. The highest BCUT2D eigenvalue weighted by Crippen LogP contribution is 2.39. The molecule has 0 saturated carbocycles. The molecule has 0 N–H and O–H groups in total. The Morgan fingerprint density at radius 1 is 0.581 bits per heavy atom. The standard InChI is InChI=1S/C26H13N3O2/c1-2-6-21-14(4-1)18-12-24-19(13-23(18)30-21)17-10-20-16(11-22(17)31-24)15-5-3-7-27-25(15)26-28-8-9-29(20)26/h1-13H. The van der Waals surface area contributed by atoms with Crippen LogP contribution in [0.15, 0.2) is 88.1 Å². The van der Waals surface area contributed by atoms with Crippen LogP contribution in [-0.4, -0.2) is 14.4 Å². The Balaban J connectivity index is 1.58. The van der Waals surface area contributed by atoms with E-state index in [9.17, 15) is 0 Å². The number of imidazole rings is 1. The van der Waals surface area contributed by atoms with Crippen LogP contribution in [0.25, 0.3) is 71.3 Å². The molecule has 8 aromatic rings. The van der Waals surface area contributed by atoms with Gasteiger partial charge in [-0.2, -0.15) is 0 Å². The lowest BCUT2D eigenvalue weighted by Gasteiger charge is -2.07. The van der Waals surface area contributed by atoms with Crippen molar-refractivity contribution in [3.63, 3.8) is 0 Å². The quantitative estimate of drug-likeness (QED) is 0.262. The fraction of sp³-hybridized carbons (Fsp3) is 0. The van der Waals surface area contributed by atoms with Crippen molar-refractivity contribution in [3.05, 3.63) is 79.3 Å². The molecular formula is C26H13N3O2. The van der Waals surface area contributed by atoms with Crippen molar-refractivity contribution < 1.29 is 8.83 Å². The lowest BCUT2D eigenvalue weighted by Crippen LogP contribution is -1.92. The van der Waals surface area contributed by atoms with Gasteiger partial charge in [0.05, 0.1) is 5.52 Å². The normalized spacial score (nSPS) is 12.5. The van der Waals surface area contributed by atoms with Gasteiger partial charge in [-0.25, -0.2) is 4.98 Å². The van der Waals surface area contributed by atoms with Crippen molar-refractivity contribution in [2.75, 3.05) is 0 Å². The van der Waals surface area contributed by atoms with Gasteiger partial charge in [-0.05, 0) is 36.4 Å². The second-order valence-corrected chi connectivity index (χ2v) is 7.93. The fourth-order valence-electron chi connectivity index (χ4n) is 4.92. The van der Waals surface area contributed by atoms with Crippen molar-refractivity contribution in [1.29, 1.82) is 0 Å². The highest BCUT2D eigenvalue weighted by atomic mass is 16.3. The molecule has 0 unspecified atom stereocenters. The smallest absolute Gasteiger partial charge is 0.163 e. The molecule has 0 aliphatic carbocycles. The molecule has 144 valence electrons. The molecule has 0 aliphatic rings. The molecule has 0 radical (unpaired) electrons. The zero-order chi connectivity index (χ0) is 20.1. The molecular weight excluding hydrogens is 386 g/mol. The highest BCUT2D eigenvalue weighted by molar-refractivity contribution is 6.19. The summed E-state index contributed by atoms with van der Waals surface area (Å²) in [5.74, 6) is 0. The van der Waals surface area contributed by atoms with Gasteiger partial charge in [-0.3, -0.25) is 9.38 Å². The van der Waals surface area contributed by atoms with Crippen molar-refractivity contribution in [2.24, 2.45) is 0 Å². The summed E-state index contributed by atoms with van der Waals surface area (Å²) in [5, 5.41) is 6.43. The van der Waals surface area contributed by atoms with E-state index in [1.54, 1.807) is 0 Å². The molecule has 8 rings (SSSR count). The number of fused-ring (bicyclic) bond motifs is 12. The molecule has 0 bridgehead atoms. The summed E-state index contributed by atoms with van der Waals surface area (Å²) in [7, 11) is 0. The lowest BCUT2D eigenvalue weighted by molar-refractivity contribution is 0.664. The number of hydrogen-bond acceptors (Lipinski definition) is 4. The van der Waals surface area contributed by atoms with Gasteiger partial charge in [-0.1, -0.05) is 24.3 Å². The molecule has 0 atom stereocenters. The second kappa shape index (κ2) is 5.21. The predicted octanol–water partition coefficient (Wildman–Crippen LogP) is 6.83. The van der Waals surface area contributed by atoms with Gasteiger partial charge in [-0.15, -0.1) is 0 Å². The minimum absolute atomic E-state index is 0.851. The van der Waals surface area contributed by atoms with E-state index in [4.69, 9.17) is 8.83 Å². The molecule has 5 heteroatoms. The number of nitrogens with zero attached hydrogens (tertiary/aromatic N) is 3. The Morgan fingerprint density at radius 3 is 2.19 bits per heavy atom. The summed E-state index contributed by atoms with van der Waals surface area (Å²) in [4.78, 5) is 9.14. The average Bonchev–Trinajstić information content (AvgIpc) is 3.51. The van der Waals surface area contributed by atoms with Crippen LogP contribution >= 0.6 is 0 Å². The maximum Gasteiger partial charge on any atom is 0.163 e. The minimum atomic E-state index is 0.851. The van der Waals surface area contributed by atoms with Crippen LogP contribution in [-0.2, 0) is 0 Å². The topological polar surface area (TPSA) is 56.5 Å². The van der Waals surface area contributed by atoms with E-state index in [1.807, 2.05) is 42.9 Å². The first-order chi connectivity index (χ1) is 15.3. The number of benzene rings is 3. The Labute approximate surface area is 174 Å². The van der Waals surface area contributed by atoms with Crippen LogP contribution in [0.4, 0.5) is 0 Å². The van der Waals surface area contributed by atoms with E-state index in [0.29, 0.717) is 0 Å². The molecule has 0 aliphatic heterocycles. The Bertz CT molecular complexity index is 2010. The van der Waals surface area contributed by atoms with E-state index < -0.39 is 0 Å². The van der Waals surface area contributed by atoms with E-state index in [2.05, 4.69) is 50.8 Å². The zero-order valence-electron chi connectivity index (χ0n) is 16.2. The highest BCUT2D eigenvalue weighted by Gasteiger charge is 2.16. The van der Waals surface area contributed by atoms with Crippen LogP contribution in [0.2, 0.25) is 0 Å². The van der Waals surface area contributed by atoms with E-state index >= 15 is 0 Å². The van der Waals surface area contributed by atoms with Crippen LogP contribution in [0, 0.1) is 0 Å². The van der Waals surface area contributed by atoms with Gasteiger partial charge >= 0.3 is 0 Å². The molecule has 0 amide bonds. The monoisotopic (exact) mass is 399 g/mol. The van der Waals surface area contributed by atoms with Crippen molar-refractivity contribution in [2.45, 2.75) is 0 Å². The average molecular weight is 399 g/mol. The molecule has 3 aromatic carbocycles. The Kier molecular flexibility index (Phi) is 2.60. The summed E-state index contributed by atoms with van der Waals surface area (Å²) < 4.78 is 14.6. The third-order valence-electron chi connectivity index (χ3n) is 6.30. The Hall–Kier alpha value is -4.38. The number of pyridine rings is 2. The van der Waals surface area contributed by atoms with E-state index in [1.165, 1.54) is 0 Å². The van der Waals surface area contributed by atoms with E-state index in [-0.39, 0.29) is 0 Å². The summed E-state index contributed by atoms with van der Waals surface area (Å²) >= 11 is 0. The van der Waals surface area contributed by atoms with Crippen molar-refractivity contribution in [1.82, 2.24) is 14.4 Å². The van der Waals surface area contributed by atoms with Crippen LogP contribution in [0.1, 0.15) is 0 Å². The molecule has 5 heterocycles. The predicted molar refractivity (Wildman–Crippen MR) is 123 cm³/mol. The zero-order valence-corrected chi connectivity index (χ0v) is 16.2. The molecule has 31 heavy (non-hydrogen) atoms. The number of aromatic nitrogens is 3. The Morgan fingerprint density at radius 2 is 1.29 bits per heavy atom. The van der Waals surface area contributed by atoms with Gasteiger partial charge in [0, 0.05) is 50.9 Å². The first-order valence-corrected chi connectivity index (χ1v) is 10.2. The van der Waals surface area contributed by atoms with E-state index in [0.717, 1.165) is 71.3 Å². The fourth-order valence-corrected chi connectivity index (χ4v) is 4.92. The first-order valence-electron chi connectivity index (χ1n) is 10.2. The first kappa shape index (κ1) is 15.5. The third kappa shape index (κ3) is 1.86. The molecule has 0 saturated heterocycles. The number of rotatable bonds is 0. The third-order valence-corrected chi connectivity index (χ3v) is 6.30. The SMILES string of the molecule is c1ccc2c(c1)oc1cc3c(cc12)oc1cc2c4cccnc4c4nccn4c2cc13. The van der Waals surface area contributed by atoms with Crippen LogP contribution in [0.3, 0.4) is 0 Å². The van der Waals surface area contributed by atoms with Gasteiger partial charge in [0.2, 0.25) is 0 Å². The number of furan rings is 2. The van der Waals surface area contributed by atoms with Crippen molar-refractivity contribution in [3.8, 4) is 0 Å². The summed E-state index contributed by atoms with van der Waals surface area (Å²) in [6.45, 7) is 0. The maximum atomic E-state index is 6.34. The largest absolute Gasteiger partial charge is 0.456 e. The number of hydrogen-bond donors (Lipinski definition) is 0. The van der Waals surface area contributed by atoms with Crippen molar-refractivity contribution >= 4 is 71.3 Å². The molecule has 0 spiro atoms. The lowest BCUT2D eigenvalue weighted by atomic mass is 10.0. The van der Waals surface area contributed by atoms with Gasteiger partial charge < -0.3 is 8.83 Å². The molecule has 5 nitrogen and oxygen atoms in total. The summed E-state index contributed by atoms with van der Waals surface area (Å²) in [6, 6.07) is 20.6. The summed E-state index contributed by atoms with van der Waals surface area (Å²) in [6.07, 6.45) is 5.61. The second-order valence-electron chi connectivity index (χ2n) is 7.93. The van der Waals surface area contributed by atoms with Gasteiger partial charge in [0.15, 0.2) is 5.65 Å². The summed E-state index contributed by atoms with van der Waals surface area (Å²) in [5.41, 5.74) is 6.28.